The van der Waals surface area contributed by atoms with E-state index in [1.54, 1.807) is 18.2 Å². The maximum atomic E-state index is 11.6. The molecule has 23 heavy (non-hydrogen) atoms. The van der Waals surface area contributed by atoms with Crippen LogP contribution < -0.4 is 9.88 Å². The number of hydrogen-bond donors (Lipinski definition) is 1. The van der Waals surface area contributed by atoms with Crippen molar-refractivity contribution >= 4 is 15.8 Å². The minimum absolute atomic E-state index is 0.0296. The van der Waals surface area contributed by atoms with Crippen LogP contribution in [0.1, 0.15) is 30.1 Å². The van der Waals surface area contributed by atoms with E-state index in [9.17, 15) is 13.2 Å². The van der Waals surface area contributed by atoms with E-state index in [-0.39, 0.29) is 23.4 Å². The van der Waals surface area contributed by atoms with Crippen molar-refractivity contribution < 1.29 is 22.7 Å². The monoisotopic (exact) mass is 341 g/mol. The number of carbonyl (C=O) groups is 1. The van der Waals surface area contributed by atoms with E-state index in [1.165, 1.54) is 6.92 Å². The Labute approximate surface area is 137 Å². The van der Waals surface area contributed by atoms with Crippen LogP contribution in [-0.4, -0.2) is 39.8 Å². The number of rotatable bonds is 7. The van der Waals surface area contributed by atoms with Gasteiger partial charge in [0, 0.05) is 12.5 Å². The molecule has 128 valence electrons. The number of primary sulfonamides is 1. The smallest absolute Gasteiger partial charge is 0.209 e. The molecule has 1 aliphatic heterocycles. The Hall–Kier alpha value is -1.44. The summed E-state index contributed by atoms with van der Waals surface area (Å²) in [6, 6.07) is 7.10. The molecule has 0 aliphatic carbocycles. The molecule has 1 aliphatic rings. The van der Waals surface area contributed by atoms with Crippen LogP contribution in [0.15, 0.2) is 24.3 Å². The summed E-state index contributed by atoms with van der Waals surface area (Å²) in [6.07, 6.45) is 1.29. The van der Waals surface area contributed by atoms with Crippen molar-refractivity contribution in [3.63, 3.8) is 0 Å². The summed E-state index contributed by atoms with van der Waals surface area (Å²) in [4.78, 5) is 11.6. The van der Waals surface area contributed by atoms with Gasteiger partial charge >= 0.3 is 0 Å². The first-order chi connectivity index (χ1) is 10.9. The first-order valence-corrected chi connectivity index (χ1v) is 9.39. The van der Waals surface area contributed by atoms with E-state index in [4.69, 9.17) is 14.6 Å². The molecule has 0 amide bonds. The molecular formula is C16H23NO5S. The zero-order valence-electron chi connectivity index (χ0n) is 13.2. The first kappa shape index (κ1) is 17.9. The lowest BCUT2D eigenvalue weighted by molar-refractivity contribution is -0.00325. The third-order valence-electron chi connectivity index (χ3n) is 4.12. The number of ether oxygens (including phenoxy) is 2. The quantitative estimate of drug-likeness (QED) is 0.760. The molecule has 0 radical (unpaired) electrons. The second-order valence-corrected chi connectivity index (χ2v) is 7.64. The van der Waals surface area contributed by atoms with E-state index < -0.39 is 10.0 Å². The molecule has 0 spiro atoms. The molecule has 6 nitrogen and oxygen atoms in total. The zero-order chi connectivity index (χ0) is 16.9. The Kier molecular flexibility index (Phi) is 6.15. The fourth-order valence-corrected chi connectivity index (χ4v) is 3.43. The van der Waals surface area contributed by atoms with Crippen molar-refractivity contribution in [3.8, 4) is 5.75 Å². The Morgan fingerprint density at radius 2 is 2.09 bits per heavy atom. The molecule has 2 atom stereocenters. The molecule has 1 fully saturated rings. The Bertz CT molecular complexity index is 644. The molecule has 7 heteroatoms. The number of carbonyl (C=O) groups excluding carboxylic acids is 1. The van der Waals surface area contributed by atoms with Gasteiger partial charge in [-0.3, -0.25) is 4.79 Å². The van der Waals surface area contributed by atoms with E-state index >= 15 is 0 Å². The van der Waals surface area contributed by atoms with Crippen molar-refractivity contribution in [2.75, 3.05) is 25.6 Å². The molecule has 0 aromatic heterocycles. The zero-order valence-corrected chi connectivity index (χ0v) is 14.1. The van der Waals surface area contributed by atoms with Gasteiger partial charge in [-0.1, -0.05) is 12.1 Å². The average Bonchev–Trinajstić information content (AvgIpc) is 2.51. The highest BCUT2D eigenvalue weighted by atomic mass is 32.2. The Morgan fingerprint density at radius 1 is 1.35 bits per heavy atom. The van der Waals surface area contributed by atoms with Gasteiger partial charge in [-0.25, -0.2) is 13.6 Å². The largest absolute Gasteiger partial charge is 0.492 e. The van der Waals surface area contributed by atoms with Gasteiger partial charge in [0.15, 0.2) is 5.78 Å². The molecule has 2 unspecified atom stereocenters. The van der Waals surface area contributed by atoms with Crippen LogP contribution in [0.25, 0.3) is 0 Å². The number of nitrogens with two attached hydrogens (primary N) is 1. The summed E-state index contributed by atoms with van der Waals surface area (Å²) in [5.74, 6) is 0.747. The highest BCUT2D eigenvalue weighted by molar-refractivity contribution is 7.89. The molecule has 1 aromatic carbocycles. The lowest BCUT2D eigenvalue weighted by Crippen LogP contribution is -2.34. The van der Waals surface area contributed by atoms with Crippen molar-refractivity contribution in [3.05, 3.63) is 29.8 Å². The van der Waals surface area contributed by atoms with E-state index in [0.717, 1.165) is 6.42 Å². The maximum Gasteiger partial charge on any atom is 0.209 e. The normalized spacial score (nSPS) is 21.8. The van der Waals surface area contributed by atoms with Crippen LogP contribution in [0.5, 0.6) is 5.75 Å². The number of ketones is 1. The van der Waals surface area contributed by atoms with Gasteiger partial charge in [-0.15, -0.1) is 0 Å². The van der Waals surface area contributed by atoms with Gasteiger partial charge in [0.25, 0.3) is 0 Å². The fraction of sp³-hybridized carbons (Fsp3) is 0.562. The summed E-state index contributed by atoms with van der Waals surface area (Å²) in [6.45, 7) is 3.04. The van der Waals surface area contributed by atoms with Crippen LogP contribution in [0.2, 0.25) is 0 Å². The Morgan fingerprint density at radius 3 is 2.78 bits per heavy atom. The third kappa shape index (κ3) is 5.60. The summed E-state index contributed by atoms with van der Waals surface area (Å²) >= 11 is 0. The van der Waals surface area contributed by atoms with E-state index in [2.05, 4.69) is 0 Å². The third-order valence-corrected chi connectivity index (χ3v) is 4.93. The molecule has 1 heterocycles. The van der Waals surface area contributed by atoms with E-state index in [0.29, 0.717) is 37.6 Å². The summed E-state index contributed by atoms with van der Waals surface area (Å²) in [5, 5.41) is 5.09. The molecule has 1 aromatic rings. The van der Waals surface area contributed by atoms with Crippen molar-refractivity contribution in [2.24, 2.45) is 17.0 Å². The topological polar surface area (TPSA) is 95.7 Å². The number of para-hydroxylation sites is 1. The van der Waals surface area contributed by atoms with Gasteiger partial charge in [-0.2, -0.15) is 0 Å². The predicted molar refractivity (Wildman–Crippen MR) is 86.9 cm³/mol. The van der Waals surface area contributed by atoms with Crippen molar-refractivity contribution in [2.45, 2.75) is 19.8 Å². The predicted octanol–water partition coefficient (Wildman–Crippen LogP) is 1.60. The van der Waals surface area contributed by atoms with Crippen molar-refractivity contribution in [1.29, 1.82) is 0 Å². The second kappa shape index (κ2) is 7.90. The average molecular weight is 341 g/mol. The summed E-state index contributed by atoms with van der Waals surface area (Å²) < 4.78 is 33.6. The number of Topliss-reactive ketones (excluding diaryl/α,β-unsaturated/α-hetero) is 1. The highest BCUT2D eigenvalue weighted by Gasteiger charge is 2.27. The van der Waals surface area contributed by atoms with Crippen LogP contribution >= 0.6 is 0 Å². The molecule has 0 bridgehead atoms. The van der Waals surface area contributed by atoms with Gasteiger partial charge in [-0.05, 0) is 37.8 Å². The number of sulfonamides is 1. The molecular weight excluding hydrogens is 318 g/mol. The highest BCUT2D eigenvalue weighted by Crippen LogP contribution is 2.27. The van der Waals surface area contributed by atoms with Crippen molar-refractivity contribution in [1.82, 2.24) is 0 Å². The lowest BCUT2D eigenvalue weighted by atomic mass is 9.87. The maximum absolute atomic E-state index is 11.6. The fourth-order valence-electron chi connectivity index (χ4n) is 2.80. The summed E-state index contributed by atoms with van der Waals surface area (Å²) in [5.41, 5.74) is 0.547. The molecule has 1 saturated heterocycles. The van der Waals surface area contributed by atoms with E-state index in [1.807, 2.05) is 6.07 Å². The van der Waals surface area contributed by atoms with Crippen LogP contribution in [0, 0.1) is 11.8 Å². The first-order valence-electron chi connectivity index (χ1n) is 7.68. The molecule has 2 N–H and O–H groups in total. The minimum Gasteiger partial charge on any atom is -0.492 e. The SMILES string of the molecule is CC(=O)c1ccccc1OCC1COCCC1CCS(N)(=O)=O. The number of hydrogen-bond acceptors (Lipinski definition) is 5. The van der Waals surface area contributed by atoms with Crippen LogP contribution in [0.4, 0.5) is 0 Å². The second-order valence-electron chi connectivity index (χ2n) is 5.90. The van der Waals surface area contributed by atoms with Gasteiger partial charge < -0.3 is 9.47 Å². The Balaban J connectivity index is 1.98. The standard InChI is InChI=1S/C16H23NO5S/c1-12(18)15-4-2-3-5-16(15)22-11-14-10-21-8-6-13(14)7-9-23(17,19)20/h2-5,13-14H,6-11H2,1H3,(H2,17,19,20). The molecule has 2 rings (SSSR count). The minimum atomic E-state index is -3.46. The van der Waals surface area contributed by atoms with Crippen LogP contribution in [0.3, 0.4) is 0 Å². The van der Waals surface area contributed by atoms with Gasteiger partial charge in [0.05, 0.1) is 24.5 Å². The lowest BCUT2D eigenvalue weighted by Gasteiger charge is -2.31. The van der Waals surface area contributed by atoms with Gasteiger partial charge in [0.1, 0.15) is 5.75 Å². The van der Waals surface area contributed by atoms with Crippen LogP contribution in [-0.2, 0) is 14.8 Å². The number of benzene rings is 1. The summed E-state index contributed by atoms with van der Waals surface area (Å²) in [7, 11) is -3.46. The van der Waals surface area contributed by atoms with Gasteiger partial charge in [0.2, 0.25) is 10.0 Å². The molecule has 0 saturated carbocycles.